The van der Waals surface area contributed by atoms with Crippen LogP contribution in [0.3, 0.4) is 0 Å². The fourth-order valence-electron chi connectivity index (χ4n) is 2.10. The molecule has 4 nitrogen and oxygen atoms in total. The number of hydrogen-bond donors (Lipinski definition) is 1. The van der Waals surface area contributed by atoms with E-state index >= 15 is 0 Å². The number of hydrogen-bond acceptors (Lipinski definition) is 4. The van der Waals surface area contributed by atoms with Crippen LogP contribution in [0.1, 0.15) is 28.9 Å². The van der Waals surface area contributed by atoms with Crippen LogP contribution in [0.5, 0.6) is 0 Å². The quantitative estimate of drug-likeness (QED) is 0.802. The van der Waals surface area contributed by atoms with Gasteiger partial charge < -0.3 is 10.3 Å². The lowest BCUT2D eigenvalue weighted by atomic mass is 10.1. The molecule has 0 spiro atoms. The zero-order valence-electron chi connectivity index (χ0n) is 11.2. The molecule has 1 atom stereocenters. The molecule has 21 heavy (non-hydrogen) atoms. The van der Waals surface area contributed by atoms with E-state index in [4.69, 9.17) is 21.9 Å². The molecule has 2 N–H and O–H groups in total. The Hall–Kier alpha value is -2.17. The summed E-state index contributed by atoms with van der Waals surface area (Å²) < 4.78 is 5.26. The minimum atomic E-state index is -0.410. The molecule has 0 aliphatic heterocycles. The van der Waals surface area contributed by atoms with Crippen molar-refractivity contribution >= 4 is 11.6 Å². The first-order valence-electron chi connectivity index (χ1n) is 6.60. The van der Waals surface area contributed by atoms with Crippen molar-refractivity contribution in [3.8, 4) is 0 Å². The second-order valence-electron chi connectivity index (χ2n) is 4.74. The van der Waals surface area contributed by atoms with Crippen molar-refractivity contribution < 1.29 is 4.52 Å². The summed E-state index contributed by atoms with van der Waals surface area (Å²) >= 11 is 5.96. The van der Waals surface area contributed by atoms with Gasteiger partial charge in [-0.1, -0.05) is 59.2 Å². The van der Waals surface area contributed by atoms with E-state index in [0.717, 1.165) is 11.1 Å². The molecule has 1 heterocycles. The van der Waals surface area contributed by atoms with E-state index in [2.05, 4.69) is 10.1 Å². The standard InChI is InChI=1S/C16H14ClN3O/c17-13-8-4-5-11(9-13)10-14-19-16(21-20-14)15(18)12-6-2-1-3-7-12/h1-9,15H,10,18H2/t15-/m1/s1. The van der Waals surface area contributed by atoms with Crippen LogP contribution in [0.15, 0.2) is 59.1 Å². The number of rotatable bonds is 4. The molecule has 0 radical (unpaired) electrons. The molecule has 0 bridgehead atoms. The van der Waals surface area contributed by atoms with E-state index in [1.807, 2.05) is 54.6 Å². The SMILES string of the molecule is N[C@H](c1ccccc1)c1nc(Cc2cccc(Cl)c2)no1. The second kappa shape index (κ2) is 6.08. The monoisotopic (exact) mass is 299 g/mol. The van der Waals surface area contributed by atoms with Gasteiger partial charge in [0.15, 0.2) is 5.82 Å². The van der Waals surface area contributed by atoms with Gasteiger partial charge in [-0.3, -0.25) is 0 Å². The van der Waals surface area contributed by atoms with Gasteiger partial charge in [0.2, 0.25) is 5.89 Å². The van der Waals surface area contributed by atoms with E-state index in [0.29, 0.717) is 23.2 Å². The molecule has 0 unspecified atom stereocenters. The summed E-state index contributed by atoms with van der Waals surface area (Å²) in [5.74, 6) is 1.01. The summed E-state index contributed by atoms with van der Waals surface area (Å²) in [6.07, 6.45) is 0.561. The zero-order chi connectivity index (χ0) is 14.7. The highest BCUT2D eigenvalue weighted by Crippen LogP contribution is 2.19. The molecule has 106 valence electrons. The first kappa shape index (κ1) is 13.8. The Morgan fingerprint density at radius 2 is 1.90 bits per heavy atom. The van der Waals surface area contributed by atoms with Crippen LogP contribution < -0.4 is 5.73 Å². The lowest BCUT2D eigenvalue weighted by molar-refractivity contribution is 0.363. The lowest BCUT2D eigenvalue weighted by Gasteiger charge is -2.05. The Morgan fingerprint density at radius 1 is 1.10 bits per heavy atom. The Labute approximate surface area is 127 Å². The maximum atomic E-state index is 6.13. The van der Waals surface area contributed by atoms with Gasteiger partial charge in [0, 0.05) is 11.4 Å². The van der Waals surface area contributed by atoms with Gasteiger partial charge in [0.1, 0.15) is 6.04 Å². The molecule has 3 rings (SSSR count). The highest BCUT2D eigenvalue weighted by molar-refractivity contribution is 6.30. The van der Waals surface area contributed by atoms with Gasteiger partial charge in [-0.15, -0.1) is 0 Å². The maximum Gasteiger partial charge on any atom is 0.248 e. The van der Waals surface area contributed by atoms with Crippen LogP contribution in [0.25, 0.3) is 0 Å². The molecule has 5 heteroatoms. The smallest absolute Gasteiger partial charge is 0.248 e. The number of aromatic nitrogens is 2. The van der Waals surface area contributed by atoms with Gasteiger partial charge in [-0.05, 0) is 23.3 Å². The fourth-order valence-corrected chi connectivity index (χ4v) is 2.31. The summed E-state index contributed by atoms with van der Waals surface area (Å²) in [6.45, 7) is 0. The van der Waals surface area contributed by atoms with E-state index in [9.17, 15) is 0 Å². The molecule has 0 saturated heterocycles. The highest BCUT2D eigenvalue weighted by atomic mass is 35.5. The Morgan fingerprint density at radius 3 is 2.67 bits per heavy atom. The average molecular weight is 300 g/mol. The van der Waals surface area contributed by atoms with E-state index in [1.165, 1.54) is 0 Å². The third kappa shape index (κ3) is 3.29. The van der Waals surface area contributed by atoms with Crippen molar-refractivity contribution in [3.63, 3.8) is 0 Å². The Balaban J connectivity index is 1.77. The third-order valence-corrected chi connectivity index (χ3v) is 3.39. The van der Waals surface area contributed by atoms with Gasteiger partial charge in [0.05, 0.1) is 0 Å². The van der Waals surface area contributed by atoms with Crippen LogP contribution in [-0.4, -0.2) is 10.1 Å². The number of nitrogens with two attached hydrogens (primary N) is 1. The summed E-state index contributed by atoms with van der Waals surface area (Å²) in [7, 11) is 0. The van der Waals surface area contributed by atoms with Gasteiger partial charge in [-0.2, -0.15) is 4.98 Å². The Kier molecular flexibility index (Phi) is 3.99. The number of nitrogens with zero attached hydrogens (tertiary/aromatic N) is 2. The third-order valence-electron chi connectivity index (χ3n) is 3.16. The first-order valence-corrected chi connectivity index (χ1v) is 6.97. The minimum absolute atomic E-state index is 0.410. The molecule has 0 aliphatic rings. The molecule has 0 fully saturated rings. The molecule has 0 amide bonds. The largest absolute Gasteiger partial charge is 0.337 e. The van der Waals surface area contributed by atoms with Gasteiger partial charge in [0.25, 0.3) is 0 Å². The second-order valence-corrected chi connectivity index (χ2v) is 5.18. The molecular weight excluding hydrogens is 286 g/mol. The summed E-state index contributed by atoms with van der Waals surface area (Å²) in [6, 6.07) is 16.8. The molecule has 2 aromatic carbocycles. The maximum absolute atomic E-state index is 6.13. The van der Waals surface area contributed by atoms with E-state index < -0.39 is 6.04 Å². The highest BCUT2D eigenvalue weighted by Gasteiger charge is 2.16. The normalized spacial score (nSPS) is 12.3. The molecule has 3 aromatic rings. The predicted octanol–water partition coefficient (Wildman–Crippen LogP) is 3.36. The Bertz CT molecular complexity index is 727. The van der Waals surface area contributed by atoms with Crippen LogP contribution in [0.4, 0.5) is 0 Å². The molecule has 0 saturated carbocycles. The molecule has 1 aromatic heterocycles. The first-order chi connectivity index (χ1) is 10.2. The summed E-state index contributed by atoms with van der Waals surface area (Å²) in [5.41, 5.74) is 8.10. The number of halogens is 1. The summed E-state index contributed by atoms with van der Waals surface area (Å²) in [4.78, 5) is 4.37. The zero-order valence-corrected chi connectivity index (χ0v) is 12.0. The minimum Gasteiger partial charge on any atom is -0.337 e. The van der Waals surface area contributed by atoms with Crippen LogP contribution in [0, 0.1) is 0 Å². The molecule has 0 aliphatic carbocycles. The van der Waals surface area contributed by atoms with E-state index in [-0.39, 0.29) is 0 Å². The van der Waals surface area contributed by atoms with Crippen LogP contribution in [-0.2, 0) is 6.42 Å². The average Bonchev–Trinajstić information content (AvgIpc) is 2.96. The van der Waals surface area contributed by atoms with Crippen molar-refractivity contribution in [1.82, 2.24) is 10.1 Å². The van der Waals surface area contributed by atoms with Crippen molar-refractivity contribution in [1.29, 1.82) is 0 Å². The summed E-state index contributed by atoms with van der Waals surface area (Å²) in [5, 5.41) is 4.67. The topological polar surface area (TPSA) is 64.9 Å². The van der Waals surface area contributed by atoms with Crippen molar-refractivity contribution in [2.24, 2.45) is 5.73 Å². The fraction of sp³-hybridized carbons (Fsp3) is 0.125. The van der Waals surface area contributed by atoms with Crippen molar-refractivity contribution in [2.45, 2.75) is 12.5 Å². The van der Waals surface area contributed by atoms with Gasteiger partial charge in [-0.25, -0.2) is 0 Å². The van der Waals surface area contributed by atoms with Crippen LogP contribution in [0.2, 0.25) is 5.02 Å². The predicted molar refractivity (Wildman–Crippen MR) is 81.0 cm³/mol. The van der Waals surface area contributed by atoms with Gasteiger partial charge >= 0.3 is 0 Å². The van der Waals surface area contributed by atoms with Crippen molar-refractivity contribution in [3.05, 3.63) is 82.5 Å². The molecular formula is C16H14ClN3O. The van der Waals surface area contributed by atoms with Crippen LogP contribution >= 0.6 is 11.6 Å². The number of benzene rings is 2. The van der Waals surface area contributed by atoms with E-state index in [1.54, 1.807) is 0 Å². The van der Waals surface area contributed by atoms with Crippen molar-refractivity contribution in [2.75, 3.05) is 0 Å². The lowest BCUT2D eigenvalue weighted by Crippen LogP contribution is -2.12.